The molecule has 0 unspecified atom stereocenters. The third kappa shape index (κ3) is 7.45. The largest absolute Gasteiger partial charge is 0.497 e. The minimum atomic E-state index is -0.243. The Bertz CT molecular complexity index is 1320. The number of aromatic nitrogens is 3. The average Bonchev–Trinajstić information content (AvgIpc) is 3.39. The van der Waals surface area contributed by atoms with Gasteiger partial charge in [-0.25, -0.2) is 5.43 Å². The van der Waals surface area contributed by atoms with E-state index in [1.807, 2.05) is 83.4 Å². The third-order valence-electron chi connectivity index (χ3n) is 5.63. The first kappa shape index (κ1) is 26.9. The molecule has 4 rings (SSSR count). The van der Waals surface area contributed by atoms with Gasteiger partial charge in [-0.15, -0.1) is 10.2 Å². The van der Waals surface area contributed by atoms with E-state index in [9.17, 15) is 4.79 Å². The molecule has 0 bridgehead atoms. The highest BCUT2D eigenvalue weighted by Crippen LogP contribution is 2.28. The number of hydrazone groups is 1. The zero-order valence-corrected chi connectivity index (χ0v) is 22.4. The fraction of sp³-hybridized carbons (Fsp3) is 0.241. The predicted molar refractivity (Wildman–Crippen MR) is 151 cm³/mol. The second kappa shape index (κ2) is 14.0. The van der Waals surface area contributed by atoms with Crippen LogP contribution in [0.2, 0.25) is 0 Å². The van der Waals surface area contributed by atoms with Gasteiger partial charge in [0.15, 0.2) is 11.0 Å². The molecule has 1 N–H and O–H groups in total. The Morgan fingerprint density at radius 2 is 1.71 bits per heavy atom. The third-order valence-corrected chi connectivity index (χ3v) is 6.56. The summed E-state index contributed by atoms with van der Waals surface area (Å²) in [5, 5.41) is 13.5. The van der Waals surface area contributed by atoms with Crippen LogP contribution in [0.4, 0.5) is 0 Å². The number of carbonyl (C=O) groups is 1. The number of benzene rings is 3. The summed E-state index contributed by atoms with van der Waals surface area (Å²) in [6.07, 6.45) is 4.99. The number of thioether (sulfide) groups is 1. The summed E-state index contributed by atoms with van der Waals surface area (Å²) < 4.78 is 13.0. The first-order chi connectivity index (χ1) is 18.7. The molecule has 0 fully saturated rings. The highest BCUT2D eigenvalue weighted by Gasteiger charge is 2.17. The lowest BCUT2D eigenvalue weighted by Crippen LogP contribution is -2.20. The van der Waals surface area contributed by atoms with Gasteiger partial charge in [0.25, 0.3) is 5.91 Å². The number of nitrogens with one attached hydrogen (secondary N) is 1. The van der Waals surface area contributed by atoms with Gasteiger partial charge in [0.05, 0.1) is 25.7 Å². The van der Waals surface area contributed by atoms with E-state index in [1.165, 1.54) is 18.2 Å². The standard InChI is InChI=1S/C29H31N5O3S/c1-3-4-8-19-37-26-15-11-22(12-16-26)20-30-31-27(35)21-38-29-33-32-28(23-9-6-5-7-10-23)34(29)24-13-17-25(36-2)18-14-24/h5-7,9-18,20H,3-4,8,19,21H2,1-2H3,(H,31,35)/b30-20-. The van der Waals surface area contributed by atoms with Crippen LogP contribution in [-0.2, 0) is 4.79 Å². The first-order valence-corrected chi connectivity index (χ1v) is 13.5. The summed E-state index contributed by atoms with van der Waals surface area (Å²) in [6, 6.07) is 25.1. The Morgan fingerprint density at radius 1 is 0.974 bits per heavy atom. The first-order valence-electron chi connectivity index (χ1n) is 12.5. The zero-order chi connectivity index (χ0) is 26.6. The van der Waals surface area contributed by atoms with E-state index in [-0.39, 0.29) is 11.7 Å². The van der Waals surface area contributed by atoms with Crippen molar-refractivity contribution in [2.75, 3.05) is 19.5 Å². The summed E-state index contributed by atoms with van der Waals surface area (Å²) >= 11 is 1.29. The number of methoxy groups -OCH3 is 1. The number of carbonyl (C=O) groups excluding carboxylic acids is 1. The van der Waals surface area contributed by atoms with Crippen molar-refractivity contribution in [3.63, 3.8) is 0 Å². The Labute approximate surface area is 227 Å². The van der Waals surface area contributed by atoms with Crippen LogP contribution in [0.1, 0.15) is 31.7 Å². The maximum atomic E-state index is 12.5. The number of ether oxygens (including phenoxy) is 2. The van der Waals surface area contributed by atoms with Crippen molar-refractivity contribution in [2.45, 2.75) is 31.3 Å². The van der Waals surface area contributed by atoms with Crippen molar-refractivity contribution in [1.29, 1.82) is 0 Å². The SMILES string of the molecule is CCCCCOc1ccc(/C=N\NC(=O)CSc2nnc(-c3ccccc3)n2-c2ccc(OC)cc2)cc1. The van der Waals surface area contributed by atoms with Crippen LogP contribution >= 0.6 is 11.8 Å². The van der Waals surface area contributed by atoms with E-state index in [1.54, 1.807) is 13.3 Å². The van der Waals surface area contributed by atoms with Crippen LogP contribution in [0.15, 0.2) is 89.1 Å². The zero-order valence-electron chi connectivity index (χ0n) is 21.5. The number of rotatable bonds is 13. The second-order valence-corrected chi connectivity index (χ2v) is 9.35. The molecule has 0 atom stereocenters. The van der Waals surface area contributed by atoms with Gasteiger partial charge < -0.3 is 9.47 Å². The summed E-state index contributed by atoms with van der Waals surface area (Å²) in [4.78, 5) is 12.5. The van der Waals surface area contributed by atoms with Gasteiger partial charge in [0, 0.05) is 11.3 Å². The molecular weight excluding hydrogens is 498 g/mol. The van der Waals surface area contributed by atoms with Crippen LogP contribution < -0.4 is 14.9 Å². The lowest BCUT2D eigenvalue weighted by Gasteiger charge is -2.11. The molecule has 8 nitrogen and oxygen atoms in total. The van der Waals surface area contributed by atoms with E-state index in [2.05, 4.69) is 27.6 Å². The summed E-state index contributed by atoms with van der Waals surface area (Å²) in [7, 11) is 1.63. The van der Waals surface area contributed by atoms with Gasteiger partial charge in [-0.1, -0.05) is 61.9 Å². The highest BCUT2D eigenvalue weighted by atomic mass is 32.2. The van der Waals surface area contributed by atoms with Gasteiger partial charge in [0.1, 0.15) is 11.5 Å². The summed E-state index contributed by atoms with van der Waals surface area (Å²) in [6.45, 7) is 2.88. The van der Waals surface area contributed by atoms with Crippen molar-refractivity contribution in [2.24, 2.45) is 5.10 Å². The average molecular weight is 530 g/mol. The fourth-order valence-corrected chi connectivity index (χ4v) is 4.38. The minimum absolute atomic E-state index is 0.130. The summed E-state index contributed by atoms with van der Waals surface area (Å²) in [5.41, 5.74) is 5.24. The van der Waals surface area contributed by atoms with Crippen LogP contribution in [0.5, 0.6) is 11.5 Å². The Balaban J connectivity index is 1.37. The van der Waals surface area contributed by atoms with E-state index in [0.717, 1.165) is 41.2 Å². The van der Waals surface area contributed by atoms with Gasteiger partial charge in [-0.3, -0.25) is 9.36 Å². The molecule has 9 heteroatoms. The van der Waals surface area contributed by atoms with Crippen LogP contribution in [0.3, 0.4) is 0 Å². The lowest BCUT2D eigenvalue weighted by molar-refractivity contribution is -0.118. The Morgan fingerprint density at radius 3 is 2.42 bits per heavy atom. The number of amides is 1. The normalized spacial score (nSPS) is 11.0. The van der Waals surface area contributed by atoms with E-state index in [4.69, 9.17) is 9.47 Å². The predicted octanol–water partition coefficient (Wildman–Crippen LogP) is 5.75. The van der Waals surface area contributed by atoms with Crippen molar-refractivity contribution in [1.82, 2.24) is 20.2 Å². The second-order valence-electron chi connectivity index (χ2n) is 8.41. The molecule has 0 spiro atoms. The van der Waals surface area contributed by atoms with Crippen molar-refractivity contribution in [3.8, 4) is 28.6 Å². The van der Waals surface area contributed by atoms with Crippen molar-refractivity contribution < 1.29 is 14.3 Å². The topological polar surface area (TPSA) is 90.6 Å². The number of hydrogen-bond donors (Lipinski definition) is 1. The Hall–Kier alpha value is -4.11. The molecule has 38 heavy (non-hydrogen) atoms. The molecule has 3 aromatic carbocycles. The number of nitrogens with zero attached hydrogens (tertiary/aromatic N) is 4. The number of hydrogen-bond acceptors (Lipinski definition) is 7. The molecule has 0 aliphatic rings. The molecular formula is C29H31N5O3S. The van der Waals surface area contributed by atoms with Gasteiger partial charge in [0.2, 0.25) is 0 Å². The molecule has 1 heterocycles. The highest BCUT2D eigenvalue weighted by molar-refractivity contribution is 7.99. The molecule has 0 saturated carbocycles. The Kier molecular flexibility index (Phi) is 9.92. The molecule has 0 radical (unpaired) electrons. The van der Waals surface area contributed by atoms with Crippen molar-refractivity contribution in [3.05, 3.63) is 84.4 Å². The summed E-state index contributed by atoms with van der Waals surface area (Å²) in [5.74, 6) is 2.16. The molecule has 1 aromatic heterocycles. The van der Waals surface area contributed by atoms with Crippen LogP contribution in [0.25, 0.3) is 17.1 Å². The molecule has 4 aromatic rings. The number of unbranched alkanes of at least 4 members (excludes halogenated alkanes) is 2. The smallest absolute Gasteiger partial charge is 0.250 e. The molecule has 196 valence electrons. The lowest BCUT2D eigenvalue weighted by atomic mass is 10.2. The van der Waals surface area contributed by atoms with Gasteiger partial charge in [-0.2, -0.15) is 5.10 Å². The molecule has 0 aliphatic carbocycles. The van der Waals surface area contributed by atoms with Crippen LogP contribution in [-0.4, -0.2) is 46.4 Å². The maximum absolute atomic E-state index is 12.5. The maximum Gasteiger partial charge on any atom is 0.250 e. The molecule has 0 aliphatic heterocycles. The van der Waals surface area contributed by atoms with E-state index < -0.39 is 0 Å². The molecule has 1 amide bonds. The van der Waals surface area contributed by atoms with Crippen LogP contribution in [0, 0.1) is 0 Å². The van der Waals surface area contributed by atoms with Gasteiger partial charge >= 0.3 is 0 Å². The quantitative estimate of drug-likeness (QED) is 0.103. The monoisotopic (exact) mass is 529 g/mol. The fourth-order valence-electron chi connectivity index (χ4n) is 3.64. The van der Waals surface area contributed by atoms with Gasteiger partial charge in [-0.05, 0) is 60.5 Å². The van der Waals surface area contributed by atoms with E-state index >= 15 is 0 Å². The molecule has 0 saturated heterocycles. The van der Waals surface area contributed by atoms with E-state index in [0.29, 0.717) is 17.6 Å². The minimum Gasteiger partial charge on any atom is -0.497 e. The van der Waals surface area contributed by atoms with Crippen molar-refractivity contribution >= 4 is 23.9 Å².